The van der Waals surface area contributed by atoms with Gasteiger partial charge in [-0.3, -0.25) is 4.79 Å². The largest absolute Gasteiger partial charge is 0.367 e. The van der Waals surface area contributed by atoms with Crippen LogP contribution in [0.1, 0.15) is 37.7 Å². The van der Waals surface area contributed by atoms with Gasteiger partial charge in [-0.1, -0.05) is 44.2 Å². The predicted octanol–water partition coefficient (Wildman–Crippen LogP) is 3.13. The maximum Gasteiger partial charge on any atom is 0.272 e. The Morgan fingerprint density at radius 1 is 1.11 bits per heavy atom. The molecule has 6 nitrogen and oxygen atoms in total. The van der Waals surface area contributed by atoms with E-state index in [1.165, 1.54) is 0 Å². The minimum absolute atomic E-state index is 0.0162. The lowest BCUT2D eigenvalue weighted by Crippen LogP contribution is -2.48. The molecule has 144 valence electrons. The lowest BCUT2D eigenvalue weighted by Gasteiger charge is -2.33. The molecule has 0 radical (unpaired) electrons. The third kappa shape index (κ3) is 4.83. The number of aromatic nitrogens is 2. The van der Waals surface area contributed by atoms with E-state index in [1.54, 1.807) is 6.07 Å². The van der Waals surface area contributed by atoms with E-state index in [1.807, 2.05) is 35.2 Å². The fourth-order valence-corrected chi connectivity index (χ4v) is 3.13. The Morgan fingerprint density at radius 3 is 2.44 bits per heavy atom. The van der Waals surface area contributed by atoms with Gasteiger partial charge in [-0.25, -0.2) is 9.97 Å². The minimum Gasteiger partial charge on any atom is -0.367 e. The normalized spacial score (nSPS) is 16.2. The number of piperazine rings is 1. The Balaban J connectivity index is 1.89. The number of carbonyl (C=O) groups excluding carboxylic acids is 1. The molecule has 0 bridgehead atoms. The van der Waals surface area contributed by atoms with Crippen LogP contribution in [0.5, 0.6) is 0 Å². The van der Waals surface area contributed by atoms with Gasteiger partial charge in [0.1, 0.15) is 11.5 Å². The van der Waals surface area contributed by atoms with Gasteiger partial charge in [0.25, 0.3) is 5.91 Å². The summed E-state index contributed by atoms with van der Waals surface area (Å²) in [4.78, 5) is 26.6. The standard InChI is InChI=1S/C21H29N5O/c1-4-16(3)22-19-15-18(21(27)26-13-11-25(5-2)12-14-26)23-20(24-19)17-9-7-6-8-10-17/h6-10,15-16H,4-5,11-14H2,1-3H3,(H,22,23,24). The number of amides is 1. The van der Waals surface area contributed by atoms with Crippen molar-refractivity contribution in [1.82, 2.24) is 19.8 Å². The zero-order valence-corrected chi connectivity index (χ0v) is 16.5. The SMILES string of the molecule is CCC(C)Nc1cc(C(=O)N2CCN(CC)CC2)nc(-c2ccccc2)n1. The molecule has 1 fully saturated rings. The number of benzene rings is 1. The van der Waals surface area contributed by atoms with Gasteiger partial charge in [0.15, 0.2) is 5.82 Å². The molecule has 3 rings (SSSR count). The third-order valence-corrected chi connectivity index (χ3v) is 5.09. The van der Waals surface area contributed by atoms with Gasteiger partial charge in [0.05, 0.1) is 0 Å². The van der Waals surface area contributed by atoms with Crippen LogP contribution in [0.25, 0.3) is 11.4 Å². The van der Waals surface area contributed by atoms with Crippen molar-refractivity contribution in [2.75, 3.05) is 38.0 Å². The van der Waals surface area contributed by atoms with Crippen molar-refractivity contribution in [1.29, 1.82) is 0 Å². The summed E-state index contributed by atoms with van der Waals surface area (Å²) >= 11 is 0. The Morgan fingerprint density at radius 2 is 1.81 bits per heavy atom. The number of likely N-dealkylation sites (N-methyl/N-ethyl adjacent to an activating group) is 1. The highest BCUT2D eigenvalue weighted by Crippen LogP contribution is 2.20. The van der Waals surface area contributed by atoms with Crippen molar-refractivity contribution in [3.63, 3.8) is 0 Å². The van der Waals surface area contributed by atoms with Gasteiger partial charge in [-0.2, -0.15) is 0 Å². The Labute approximate surface area is 161 Å². The molecule has 1 unspecified atom stereocenters. The molecule has 1 N–H and O–H groups in total. The number of nitrogens with one attached hydrogen (secondary N) is 1. The molecule has 0 saturated carbocycles. The summed E-state index contributed by atoms with van der Waals surface area (Å²) in [6.07, 6.45) is 0.979. The molecule has 2 heterocycles. The second kappa shape index (κ2) is 8.95. The second-order valence-corrected chi connectivity index (χ2v) is 7.01. The molecule has 1 aromatic carbocycles. The Hall–Kier alpha value is -2.47. The average Bonchev–Trinajstić information content (AvgIpc) is 2.73. The summed E-state index contributed by atoms with van der Waals surface area (Å²) in [6, 6.07) is 11.9. The van der Waals surface area contributed by atoms with Gasteiger partial charge in [-0.15, -0.1) is 0 Å². The fraction of sp³-hybridized carbons (Fsp3) is 0.476. The van der Waals surface area contributed by atoms with Crippen molar-refractivity contribution in [2.24, 2.45) is 0 Å². The second-order valence-electron chi connectivity index (χ2n) is 7.01. The van der Waals surface area contributed by atoms with Crippen molar-refractivity contribution in [2.45, 2.75) is 33.2 Å². The number of carbonyl (C=O) groups is 1. The van der Waals surface area contributed by atoms with E-state index < -0.39 is 0 Å². The number of rotatable bonds is 6. The monoisotopic (exact) mass is 367 g/mol. The lowest BCUT2D eigenvalue weighted by atomic mass is 10.2. The van der Waals surface area contributed by atoms with E-state index in [2.05, 4.69) is 41.0 Å². The zero-order valence-electron chi connectivity index (χ0n) is 16.5. The van der Waals surface area contributed by atoms with Crippen LogP contribution in [0.15, 0.2) is 36.4 Å². The molecule has 1 aliphatic heterocycles. The molecule has 1 atom stereocenters. The molecule has 27 heavy (non-hydrogen) atoms. The first-order valence-electron chi connectivity index (χ1n) is 9.83. The predicted molar refractivity (Wildman–Crippen MR) is 109 cm³/mol. The Bertz CT molecular complexity index is 756. The van der Waals surface area contributed by atoms with Crippen LogP contribution in [0.4, 0.5) is 5.82 Å². The van der Waals surface area contributed by atoms with Crippen molar-refractivity contribution in [3.8, 4) is 11.4 Å². The molecular formula is C21H29N5O. The van der Waals surface area contributed by atoms with E-state index in [-0.39, 0.29) is 11.9 Å². The quantitative estimate of drug-likeness (QED) is 0.850. The van der Waals surface area contributed by atoms with Gasteiger partial charge in [-0.05, 0) is 19.9 Å². The first-order valence-corrected chi connectivity index (χ1v) is 9.83. The van der Waals surface area contributed by atoms with Crippen molar-refractivity contribution < 1.29 is 4.79 Å². The molecule has 1 aliphatic rings. The summed E-state index contributed by atoms with van der Waals surface area (Å²) < 4.78 is 0. The van der Waals surface area contributed by atoms with E-state index in [4.69, 9.17) is 0 Å². The topological polar surface area (TPSA) is 61.4 Å². The van der Waals surface area contributed by atoms with Gasteiger partial charge < -0.3 is 15.1 Å². The minimum atomic E-state index is -0.0162. The number of hydrogen-bond acceptors (Lipinski definition) is 5. The summed E-state index contributed by atoms with van der Waals surface area (Å²) in [5.41, 5.74) is 1.37. The van der Waals surface area contributed by atoms with Gasteiger partial charge in [0, 0.05) is 43.9 Å². The maximum absolute atomic E-state index is 13.1. The summed E-state index contributed by atoms with van der Waals surface area (Å²) in [6.45, 7) is 10.7. The van der Waals surface area contributed by atoms with E-state index in [9.17, 15) is 4.79 Å². The van der Waals surface area contributed by atoms with Gasteiger partial charge >= 0.3 is 0 Å². The van der Waals surface area contributed by atoms with E-state index in [0.717, 1.165) is 44.7 Å². The first-order chi connectivity index (χ1) is 13.1. The van der Waals surface area contributed by atoms with Crippen LogP contribution < -0.4 is 5.32 Å². The molecule has 1 saturated heterocycles. The zero-order chi connectivity index (χ0) is 19.2. The average molecular weight is 367 g/mol. The van der Waals surface area contributed by atoms with Crippen LogP contribution in [-0.4, -0.2) is 64.4 Å². The van der Waals surface area contributed by atoms with Crippen molar-refractivity contribution >= 4 is 11.7 Å². The number of nitrogens with zero attached hydrogens (tertiary/aromatic N) is 4. The number of anilines is 1. The molecule has 1 aromatic heterocycles. The van der Waals surface area contributed by atoms with Crippen LogP contribution in [0.2, 0.25) is 0 Å². The molecule has 0 spiro atoms. The van der Waals surface area contributed by atoms with Crippen LogP contribution >= 0.6 is 0 Å². The lowest BCUT2D eigenvalue weighted by molar-refractivity contribution is 0.0637. The number of hydrogen-bond donors (Lipinski definition) is 1. The fourth-order valence-electron chi connectivity index (χ4n) is 3.13. The highest BCUT2D eigenvalue weighted by molar-refractivity contribution is 5.93. The smallest absolute Gasteiger partial charge is 0.272 e. The van der Waals surface area contributed by atoms with Crippen LogP contribution in [-0.2, 0) is 0 Å². The molecule has 1 amide bonds. The highest BCUT2D eigenvalue weighted by atomic mass is 16.2. The first kappa shape index (κ1) is 19.3. The third-order valence-electron chi connectivity index (χ3n) is 5.09. The summed E-state index contributed by atoms with van der Waals surface area (Å²) in [5, 5.41) is 3.39. The van der Waals surface area contributed by atoms with Crippen molar-refractivity contribution in [3.05, 3.63) is 42.1 Å². The molecule has 0 aliphatic carbocycles. The van der Waals surface area contributed by atoms with E-state index >= 15 is 0 Å². The molecule has 6 heteroatoms. The van der Waals surface area contributed by atoms with E-state index in [0.29, 0.717) is 17.3 Å². The maximum atomic E-state index is 13.1. The summed E-state index contributed by atoms with van der Waals surface area (Å²) in [5.74, 6) is 1.27. The Kier molecular flexibility index (Phi) is 6.40. The molecule has 2 aromatic rings. The van der Waals surface area contributed by atoms with Crippen LogP contribution in [0.3, 0.4) is 0 Å². The molecular weight excluding hydrogens is 338 g/mol. The van der Waals surface area contributed by atoms with Crippen LogP contribution in [0, 0.1) is 0 Å². The summed E-state index contributed by atoms with van der Waals surface area (Å²) in [7, 11) is 0. The van der Waals surface area contributed by atoms with Gasteiger partial charge in [0.2, 0.25) is 0 Å². The highest BCUT2D eigenvalue weighted by Gasteiger charge is 2.23.